The number of benzene rings is 1. The van der Waals surface area contributed by atoms with Gasteiger partial charge >= 0.3 is 0 Å². The van der Waals surface area contributed by atoms with Gasteiger partial charge in [-0.3, -0.25) is 4.98 Å². The van der Waals surface area contributed by atoms with E-state index < -0.39 is 5.82 Å². The number of nitrogens with zero attached hydrogens (tertiary/aromatic N) is 5. The van der Waals surface area contributed by atoms with Crippen molar-refractivity contribution >= 4 is 16.7 Å². The molecule has 0 saturated carbocycles. The molecule has 0 unspecified atom stereocenters. The minimum absolute atomic E-state index is 0.340. The van der Waals surface area contributed by atoms with Crippen molar-refractivity contribution in [1.29, 1.82) is 0 Å². The third kappa shape index (κ3) is 2.81. The maximum atomic E-state index is 14.4. The summed E-state index contributed by atoms with van der Waals surface area (Å²) in [6.07, 6.45) is 5.70. The first-order chi connectivity index (χ1) is 13.2. The number of aromatic nitrogens is 4. The van der Waals surface area contributed by atoms with Gasteiger partial charge < -0.3 is 4.90 Å². The van der Waals surface area contributed by atoms with Crippen molar-refractivity contribution in [1.82, 2.24) is 19.7 Å². The minimum atomic E-state index is -0.391. The van der Waals surface area contributed by atoms with Crippen LogP contribution in [0.25, 0.3) is 28.0 Å². The summed E-state index contributed by atoms with van der Waals surface area (Å²) < 4.78 is 29.0. The molecule has 1 aromatic carbocycles. The van der Waals surface area contributed by atoms with Gasteiger partial charge in [0.1, 0.15) is 17.3 Å². The molecule has 5 rings (SSSR count). The van der Waals surface area contributed by atoms with E-state index in [2.05, 4.69) is 20.0 Å². The topological polar surface area (TPSA) is 46.8 Å². The second kappa shape index (κ2) is 6.12. The van der Waals surface area contributed by atoms with Gasteiger partial charge in [-0.25, -0.2) is 18.4 Å². The summed E-state index contributed by atoms with van der Waals surface area (Å²) in [7, 11) is 0. The lowest BCUT2D eigenvalue weighted by molar-refractivity contribution is 0.601. The Morgan fingerprint density at radius 3 is 2.56 bits per heavy atom. The maximum Gasteiger partial charge on any atom is 0.181 e. The van der Waals surface area contributed by atoms with Crippen molar-refractivity contribution in [2.45, 2.75) is 6.42 Å². The van der Waals surface area contributed by atoms with Crippen molar-refractivity contribution in [2.75, 3.05) is 18.0 Å². The van der Waals surface area contributed by atoms with Crippen LogP contribution in [0.2, 0.25) is 0 Å². The van der Waals surface area contributed by atoms with Gasteiger partial charge in [-0.1, -0.05) is 0 Å². The Kier molecular flexibility index (Phi) is 3.60. The number of anilines is 1. The number of halogens is 2. The standard InChI is InChI=1S/C20H15F2N5/c21-15-2-5-18(23-11-15)13-8-14-12-27(25-20(14)24-10-13)19-9-16(3-4-17(19)22)26-6-1-7-26/h2-5,8-12H,1,6-7H2. The highest BCUT2D eigenvalue weighted by Crippen LogP contribution is 2.27. The molecule has 4 aromatic rings. The van der Waals surface area contributed by atoms with E-state index >= 15 is 0 Å². The summed E-state index contributed by atoms with van der Waals surface area (Å²) in [5.41, 5.74) is 3.25. The Morgan fingerprint density at radius 1 is 0.926 bits per heavy atom. The van der Waals surface area contributed by atoms with Crippen molar-refractivity contribution in [3.63, 3.8) is 0 Å². The number of hydrogen-bond acceptors (Lipinski definition) is 4. The average Bonchev–Trinajstić information content (AvgIpc) is 3.05. The molecule has 1 aliphatic heterocycles. The molecule has 3 aromatic heterocycles. The molecule has 4 heterocycles. The van der Waals surface area contributed by atoms with E-state index in [1.807, 2.05) is 12.1 Å². The molecule has 0 aliphatic carbocycles. The van der Waals surface area contributed by atoms with E-state index in [4.69, 9.17) is 0 Å². The predicted molar refractivity (Wildman–Crippen MR) is 98.8 cm³/mol. The lowest BCUT2D eigenvalue weighted by Crippen LogP contribution is -2.37. The van der Waals surface area contributed by atoms with Gasteiger partial charge in [0.25, 0.3) is 0 Å². The molecule has 0 atom stereocenters. The first kappa shape index (κ1) is 15.9. The minimum Gasteiger partial charge on any atom is -0.371 e. The van der Waals surface area contributed by atoms with Crippen LogP contribution in [0, 0.1) is 11.6 Å². The Labute approximate surface area is 153 Å². The van der Waals surface area contributed by atoms with Crippen LogP contribution in [0.15, 0.2) is 55.0 Å². The van der Waals surface area contributed by atoms with E-state index in [1.165, 1.54) is 23.0 Å². The summed E-state index contributed by atoms with van der Waals surface area (Å²) in [6.45, 7) is 1.98. The molecule has 0 bridgehead atoms. The highest BCUT2D eigenvalue weighted by atomic mass is 19.1. The van der Waals surface area contributed by atoms with Gasteiger partial charge in [0.05, 0.1) is 11.9 Å². The zero-order valence-corrected chi connectivity index (χ0v) is 14.3. The number of fused-ring (bicyclic) bond motifs is 1. The van der Waals surface area contributed by atoms with Crippen LogP contribution >= 0.6 is 0 Å². The number of pyridine rings is 2. The molecule has 7 heteroatoms. The van der Waals surface area contributed by atoms with Gasteiger partial charge in [-0.05, 0) is 42.8 Å². The summed E-state index contributed by atoms with van der Waals surface area (Å²) in [4.78, 5) is 10.6. The van der Waals surface area contributed by atoms with Crippen molar-refractivity contribution in [3.8, 4) is 16.9 Å². The third-order valence-corrected chi connectivity index (χ3v) is 4.78. The molecule has 1 saturated heterocycles. The van der Waals surface area contributed by atoms with E-state index in [0.717, 1.165) is 36.1 Å². The number of rotatable bonds is 3. The van der Waals surface area contributed by atoms with E-state index in [9.17, 15) is 8.78 Å². The highest BCUT2D eigenvalue weighted by molar-refractivity contribution is 5.80. The molecule has 1 fully saturated rings. The summed E-state index contributed by atoms with van der Waals surface area (Å²) in [5.74, 6) is -0.731. The van der Waals surface area contributed by atoms with Gasteiger partial charge in [-0.15, -0.1) is 5.10 Å². The smallest absolute Gasteiger partial charge is 0.181 e. The first-order valence-electron chi connectivity index (χ1n) is 8.70. The van der Waals surface area contributed by atoms with E-state index in [-0.39, 0.29) is 5.82 Å². The van der Waals surface area contributed by atoms with Crippen molar-refractivity contribution in [2.24, 2.45) is 0 Å². The van der Waals surface area contributed by atoms with Crippen LogP contribution in [0.5, 0.6) is 0 Å². The Bertz CT molecular complexity index is 1130. The van der Waals surface area contributed by atoms with E-state index in [1.54, 1.807) is 24.5 Å². The number of hydrogen-bond donors (Lipinski definition) is 0. The van der Waals surface area contributed by atoms with Crippen LogP contribution in [0.1, 0.15) is 6.42 Å². The lowest BCUT2D eigenvalue weighted by Gasteiger charge is -2.33. The average molecular weight is 363 g/mol. The van der Waals surface area contributed by atoms with Crippen LogP contribution < -0.4 is 4.90 Å². The van der Waals surface area contributed by atoms with Gasteiger partial charge in [0.2, 0.25) is 0 Å². The molecular weight excluding hydrogens is 348 g/mol. The predicted octanol–water partition coefficient (Wildman–Crippen LogP) is 3.97. The largest absolute Gasteiger partial charge is 0.371 e. The fourth-order valence-corrected chi connectivity index (χ4v) is 3.17. The zero-order valence-electron chi connectivity index (χ0n) is 14.3. The third-order valence-electron chi connectivity index (χ3n) is 4.78. The molecule has 5 nitrogen and oxygen atoms in total. The van der Waals surface area contributed by atoms with Gasteiger partial charge in [-0.2, -0.15) is 0 Å². The molecule has 0 radical (unpaired) electrons. The molecular formula is C20H15F2N5. The van der Waals surface area contributed by atoms with Crippen LogP contribution in [-0.2, 0) is 0 Å². The fourth-order valence-electron chi connectivity index (χ4n) is 3.17. The van der Waals surface area contributed by atoms with Crippen LogP contribution in [0.3, 0.4) is 0 Å². The maximum absolute atomic E-state index is 14.4. The Hall–Kier alpha value is -3.35. The molecule has 0 N–H and O–H groups in total. The molecule has 134 valence electrons. The summed E-state index contributed by atoms with van der Waals surface area (Å²) in [6, 6.07) is 9.88. The first-order valence-corrected chi connectivity index (χ1v) is 8.70. The van der Waals surface area contributed by atoms with Crippen molar-refractivity contribution in [3.05, 3.63) is 66.6 Å². The zero-order chi connectivity index (χ0) is 18.4. The SMILES string of the molecule is Fc1ccc(-c2cnc3nn(-c4cc(N5CCC5)ccc4F)cc3c2)nc1. The van der Waals surface area contributed by atoms with Gasteiger partial charge in [0, 0.05) is 42.1 Å². The molecule has 1 aliphatic rings. The summed E-state index contributed by atoms with van der Waals surface area (Å²) in [5, 5.41) is 5.16. The Morgan fingerprint density at radius 2 is 1.81 bits per heavy atom. The molecule has 27 heavy (non-hydrogen) atoms. The lowest BCUT2D eigenvalue weighted by atomic mass is 10.1. The highest BCUT2D eigenvalue weighted by Gasteiger charge is 2.17. The van der Waals surface area contributed by atoms with E-state index in [0.29, 0.717) is 17.0 Å². The molecule has 0 amide bonds. The summed E-state index contributed by atoms with van der Waals surface area (Å²) >= 11 is 0. The fraction of sp³-hybridized carbons (Fsp3) is 0.150. The second-order valence-corrected chi connectivity index (χ2v) is 6.55. The van der Waals surface area contributed by atoms with Crippen LogP contribution in [0.4, 0.5) is 14.5 Å². The van der Waals surface area contributed by atoms with Crippen molar-refractivity contribution < 1.29 is 8.78 Å². The Balaban J connectivity index is 1.56. The van der Waals surface area contributed by atoms with Crippen LogP contribution in [-0.4, -0.2) is 32.8 Å². The normalized spacial score (nSPS) is 13.8. The second-order valence-electron chi connectivity index (χ2n) is 6.55. The quantitative estimate of drug-likeness (QED) is 0.553. The molecule has 0 spiro atoms. The van der Waals surface area contributed by atoms with Gasteiger partial charge in [0.15, 0.2) is 5.65 Å². The monoisotopic (exact) mass is 363 g/mol.